The zero-order valence-electron chi connectivity index (χ0n) is 20.6. The van der Waals surface area contributed by atoms with Gasteiger partial charge in [0.25, 0.3) is 5.56 Å². The number of carboxylic acid groups (broad SMARTS) is 1. The normalized spacial score (nSPS) is 11.9. The van der Waals surface area contributed by atoms with Crippen molar-refractivity contribution in [2.75, 3.05) is 12.4 Å². The summed E-state index contributed by atoms with van der Waals surface area (Å²) in [5, 5.41) is 14.0. The fourth-order valence-electron chi connectivity index (χ4n) is 4.25. The Hall–Kier alpha value is -3.68. The molecule has 2 aromatic heterocycles. The van der Waals surface area contributed by atoms with E-state index >= 15 is 0 Å². The number of rotatable bonds is 9. The molecule has 1 unspecified atom stereocenters. The summed E-state index contributed by atoms with van der Waals surface area (Å²) >= 11 is 12.5. The zero-order valence-corrected chi connectivity index (χ0v) is 22.1. The smallest absolute Gasteiger partial charge is 0.337 e. The van der Waals surface area contributed by atoms with Gasteiger partial charge in [-0.1, -0.05) is 47.5 Å². The third-order valence-electron chi connectivity index (χ3n) is 6.08. The van der Waals surface area contributed by atoms with Gasteiger partial charge < -0.3 is 24.3 Å². The van der Waals surface area contributed by atoms with Crippen LogP contribution < -0.4 is 15.6 Å². The van der Waals surface area contributed by atoms with Crippen LogP contribution in [0.4, 0.5) is 5.69 Å². The van der Waals surface area contributed by atoms with Crippen LogP contribution in [0.2, 0.25) is 10.0 Å². The van der Waals surface area contributed by atoms with Gasteiger partial charge in [0.05, 0.1) is 36.6 Å². The lowest BCUT2D eigenvalue weighted by atomic mass is 9.99. The first-order valence-corrected chi connectivity index (χ1v) is 12.4. The molecular formula is C28H27Cl2N3O4. The Bertz CT molecular complexity index is 1460. The molecule has 0 saturated heterocycles. The highest BCUT2D eigenvalue weighted by molar-refractivity contribution is 6.30. The number of anilines is 1. The van der Waals surface area contributed by atoms with Gasteiger partial charge in [0.2, 0.25) is 0 Å². The van der Waals surface area contributed by atoms with Crippen molar-refractivity contribution in [1.29, 1.82) is 0 Å². The summed E-state index contributed by atoms with van der Waals surface area (Å²) in [6, 6.07) is 17.2. The molecule has 2 heterocycles. The molecule has 0 fully saturated rings. The number of aromatic nitrogens is 2. The van der Waals surface area contributed by atoms with Gasteiger partial charge in [-0.05, 0) is 61.4 Å². The summed E-state index contributed by atoms with van der Waals surface area (Å²) in [5.41, 5.74) is 2.69. The number of aromatic carboxylic acids is 1. The third kappa shape index (κ3) is 5.84. The molecule has 4 rings (SSSR count). The lowest BCUT2D eigenvalue weighted by Gasteiger charge is -2.26. The largest absolute Gasteiger partial charge is 0.497 e. The minimum atomic E-state index is -1.03. The molecule has 0 amide bonds. The number of benzene rings is 2. The van der Waals surface area contributed by atoms with Gasteiger partial charge in [0.15, 0.2) is 0 Å². The number of hydrogen-bond acceptors (Lipinski definition) is 4. The van der Waals surface area contributed by atoms with E-state index in [1.807, 2.05) is 54.8 Å². The minimum absolute atomic E-state index is 0.00677. The van der Waals surface area contributed by atoms with Crippen LogP contribution in [0.15, 0.2) is 77.9 Å². The number of carbonyl (C=O) groups is 1. The molecule has 0 aliphatic heterocycles. The second-order valence-electron chi connectivity index (χ2n) is 8.91. The maximum Gasteiger partial charge on any atom is 0.337 e. The van der Waals surface area contributed by atoms with E-state index in [9.17, 15) is 14.7 Å². The highest BCUT2D eigenvalue weighted by Gasteiger charge is 2.26. The molecule has 9 heteroatoms. The molecule has 0 bridgehead atoms. The van der Waals surface area contributed by atoms with E-state index in [1.165, 1.54) is 4.57 Å². The Morgan fingerprint density at radius 3 is 2.32 bits per heavy atom. The molecule has 0 saturated carbocycles. The fraction of sp³-hybridized carbons (Fsp3) is 0.214. The van der Waals surface area contributed by atoms with Crippen molar-refractivity contribution < 1.29 is 14.6 Å². The SMILES string of the molecule is COc1ccc(Cn2cc(NC(c3ccc(Cl)cc3)c3c(C(=O)O)ccn3C(C)C)cc(Cl)c2=O)cc1. The van der Waals surface area contributed by atoms with Crippen molar-refractivity contribution in [1.82, 2.24) is 9.13 Å². The summed E-state index contributed by atoms with van der Waals surface area (Å²) in [6.45, 7) is 4.27. The van der Waals surface area contributed by atoms with Crippen molar-refractivity contribution >= 4 is 34.9 Å². The molecule has 1 atom stereocenters. The Morgan fingerprint density at radius 1 is 1.05 bits per heavy atom. The van der Waals surface area contributed by atoms with Crippen LogP contribution in [0.5, 0.6) is 5.75 Å². The van der Waals surface area contributed by atoms with Gasteiger partial charge in [-0.2, -0.15) is 0 Å². The van der Waals surface area contributed by atoms with Crippen LogP contribution in [0.3, 0.4) is 0 Å². The molecule has 2 aromatic carbocycles. The first-order valence-electron chi connectivity index (χ1n) is 11.7. The molecule has 4 aromatic rings. The number of ether oxygens (including phenoxy) is 1. The quantitative estimate of drug-likeness (QED) is 0.253. The molecule has 0 radical (unpaired) electrons. The Morgan fingerprint density at radius 2 is 1.73 bits per heavy atom. The number of carboxylic acids is 1. The molecule has 0 aliphatic carbocycles. The summed E-state index contributed by atoms with van der Waals surface area (Å²) in [5.74, 6) is -0.310. The summed E-state index contributed by atoms with van der Waals surface area (Å²) in [6.07, 6.45) is 3.45. The van der Waals surface area contributed by atoms with Crippen molar-refractivity contribution in [3.63, 3.8) is 0 Å². The number of hydrogen-bond donors (Lipinski definition) is 2. The van der Waals surface area contributed by atoms with Crippen molar-refractivity contribution in [2.45, 2.75) is 32.5 Å². The predicted molar refractivity (Wildman–Crippen MR) is 147 cm³/mol. The van der Waals surface area contributed by atoms with Crippen LogP contribution >= 0.6 is 23.2 Å². The summed E-state index contributed by atoms with van der Waals surface area (Å²) < 4.78 is 8.65. The predicted octanol–water partition coefficient (Wildman–Crippen LogP) is 6.49. The average molecular weight is 540 g/mol. The van der Waals surface area contributed by atoms with E-state index in [4.69, 9.17) is 27.9 Å². The van der Waals surface area contributed by atoms with Crippen LogP contribution in [0.1, 0.15) is 53.1 Å². The van der Waals surface area contributed by atoms with Crippen LogP contribution in [-0.2, 0) is 6.54 Å². The number of pyridine rings is 1. The maximum atomic E-state index is 12.8. The Balaban J connectivity index is 1.79. The monoisotopic (exact) mass is 539 g/mol. The standard InChI is InChI=1S/C28H27Cl2N3O4/c1-17(2)33-13-12-23(28(35)36)26(33)25(19-6-8-20(29)9-7-19)31-21-14-24(30)27(34)32(16-21)15-18-4-10-22(37-3)11-5-18/h4-14,16-17,25,31H,15H2,1-3H3,(H,35,36). The summed E-state index contributed by atoms with van der Waals surface area (Å²) in [7, 11) is 1.59. The van der Waals surface area contributed by atoms with Gasteiger partial charge in [0.1, 0.15) is 10.8 Å². The first kappa shape index (κ1) is 26.4. The van der Waals surface area contributed by atoms with Crippen molar-refractivity contribution in [2.24, 2.45) is 0 Å². The zero-order chi connectivity index (χ0) is 26.7. The maximum absolute atomic E-state index is 12.8. The van der Waals surface area contributed by atoms with Gasteiger partial charge in [-0.15, -0.1) is 0 Å². The Kier molecular flexibility index (Phi) is 7.95. The van der Waals surface area contributed by atoms with E-state index in [2.05, 4.69) is 5.32 Å². The first-order chi connectivity index (χ1) is 17.7. The van der Waals surface area contributed by atoms with E-state index < -0.39 is 12.0 Å². The van der Waals surface area contributed by atoms with Gasteiger partial charge >= 0.3 is 5.97 Å². The van der Waals surface area contributed by atoms with Gasteiger partial charge in [-0.25, -0.2) is 4.79 Å². The van der Waals surface area contributed by atoms with Gasteiger partial charge in [-0.3, -0.25) is 4.79 Å². The second-order valence-corrected chi connectivity index (χ2v) is 9.75. The fourth-order valence-corrected chi connectivity index (χ4v) is 4.60. The Labute approximate surface area is 224 Å². The lowest BCUT2D eigenvalue weighted by Crippen LogP contribution is -2.24. The van der Waals surface area contributed by atoms with Crippen LogP contribution in [-0.4, -0.2) is 27.3 Å². The number of halogens is 2. The average Bonchev–Trinajstić information content (AvgIpc) is 3.32. The molecule has 2 N–H and O–H groups in total. The van der Waals surface area contributed by atoms with Crippen LogP contribution in [0.25, 0.3) is 0 Å². The molecule has 0 aliphatic rings. The second kappa shape index (κ2) is 11.2. The molecule has 192 valence electrons. The van der Waals surface area contributed by atoms with E-state index in [-0.39, 0.29) is 22.2 Å². The van der Waals surface area contributed by atoms with E-state index in [0.29, 0.717) is 22.9 Å². The van der Waals surface area contributed by atoms with Crippen molar-refractivity contribution in [3.05, 3.63) is 116 Å². The number of methoxy groups -OCH3 is 1. The van der Waals surface area contributed by atoms with E-state index in [1.54, 1.807) is 43.8 Å². The molecule has 7 nitrogen and oxygen atoms in total. The number of nitrogens with zero attached hydrogens (tertiary/aromatic N) is 2. The summed E-state index contributed by atoms with van der Waals surface area (Å²) in [4.78, 5) is 25.0. The molecular weight excluding hydrogens is 513 g/mol. The highest BCUT2D eigenvalue weighted by Crippen LogP contribution is 2.33. The topological polar surface area (TPSA) is 85.5 Å². The van der Waals surface area contributed by atoms with Crippen LogP contribution in [0, 0.1) is 0 Å². The van der Waals surface area contributed by atoms with Crippen molar-refractivity contribution in [3.8, 4) is 5.75 Å². The highest BCUT2D eigenvalue weighted by atomic mass is 35.5. The third-order valence-corrected chi connectivity index (χ3v) is 6.61. The lowest BCUT2D eigenvalue weighted by molar-refractivity contribution is 0.0695. The van der Waals surface area contributed by atoms with Gasteiger partial charge in [0, 0.05) is 23.5 Å². The molecule has 37 heavy (non-hydrogen) atoms. The number of nitrogens with one attached hydrogen (secondary N) is 1. The van der Waals surface area contributed by atoms with E-state index in [0.717, 1.165) is 16.9 Å². The minimum Gasteiger partial charge on any atom is -0.497 e. The molecule has 0 spiro atoms.